The molecular formula is C27H25NO3. The lowest BCUT2D eigenvalue weighted by Gasteiger charge is -2.20. The Labute approximate surface area is 182 Å². The van der Waals surface area contributed by atoms with Crippen molar-refractivity contribution in [2.24, 2.45) is 4.99 Å². The Bertz CT molecular complexity index is 1080. The van der Waals surface area contributed by atoms with Crippen molar-refractivity contribution in [1.82, 2.24) is 0 Å². The maximum atomic E-state index is 12.6. The summed E-state index contributed by atoms with van der Waals surface area (Å²) in [5.41, 5.74) is 5.06. The quantitative estimate of drug-likeness (QED) is 0.400. The highest BCUT2D eigenvalue weighted by Gasteiger charge is 2.32. The Kier molecular flexibility index (Phi) is 6.27. The second kappa shape index (κ2) is 9.43. The molecule has 3 aromatic carbocycles. The van der Waals surface area contributed by atoms with Crippen LogP contribution in [-0.2, 0) is 14.3 Å². The molecule has 0 unspecified atom stereocenters. The lowest BCUT2D eigenvalue weighted by molar-refractivity contribution is -0.144. The molecule has 0 fully saturated rings. The average Bonchev–Trinajstić information content (AvgIpc) is 3.26. The number of nitrogens with zero attached hydrogens (tertiary/aromatic N) is 1. The van der Waals surface area contributed by atoms with Crippen LogP contribution in [0.2, 0.25) is 0 Å². The van der Waals surface area contributed by atoms with Crippen LogP contribution in [0.25, 0.3) is 6.08 Å². The predicted molar refractivity (Wildman–Crippen MR) is 123 cm³/mol. The summed E-state index contributed by atoms with van der Waals surface area (Å²) >= 11 is 0. The van der Waals surface area contributed by atoms with Gasteiger partial charge in [0, 0.05) is 11.6 Å². The van der Waals surface area contributed by atoms with Crippen LogP contribution >= 0.6 is 0 Å². The monoisotopic (exact) mass is 411 g/mol. The fourth-order valence-corrected chi connectivity index (χ4v) is 3.74. The normalized spacial score (nSPS) is 16.6. The van der Waals surface area contributed by atoms with E-state index in [0.29, 0.717) is 12.5 Å². The molecule has 0 aliphatic carbocycles. The molecule has 0 bridgehead atoms. The molecule has 0 radical (unpaired) electrons. The first-order valence-corrected chi connectivity index (χ1v) is 10.4. The second-order valence-corrected chi connectivity index (χ2v) is 7.59. The van der Waals surface area contributed by atoms with Crippen molar-refractivity contribution in [2.75, 3.05) is 6.61 Å². The van der Waals surface area contributed by atoms with Crippen molar-refractivity contribution in [2.45, 2.75) is 26.0 Å². The minimum atomic E-state index is -0.532. The predicted octanol–water partition coefficient (Wildman–Crippen LogP) is 5.45. The van der Waals surface area contributed by atoms with E-state index in [1.165, 1.54) is 6.08 Å². The fraction of sp³-hybridized carbons (Fsp3) is 0.185. The van der Waals surface area contributed by atoms with Crippen LogP contribution in [0, 0.1) is 13.8 Å². The summed E-state index contributed by atoms with van der Waals surface area (Å²) < 4.78 is 11.8. The molecule has 1 aliphatic rings. The molecule has 0 aromatic heterocycles. The van der Waals surface area contributed by atoms with E-state index in [2.05, 4.69) is 0 Å². The molecule has 2 atom stereocenters. The van der Waals surface area contributed by atoms with E-state index >= 15 is 0 Å². The fourth-order valence-electron chi connectivity index (χ4n) is 3.74. The van der Waals surface area contributed by atoms with Crippen LogP contribution < -0.4 is 0 Å². The number of hydrogen-bond donors (Lipinski definition) is 0. The Balaban J connectivity index is 1.58. The number of carbonyl (C=O) groups is 1. The van der Waals surface area contributed by atoms with Gasteiger partial charge in [0.2, 0.25) is 5.90 Å². The van der Waals surface area contributed by atoms with Crippen LogP contribution in [0.3, 0.4) is 0 Å². The van der Waals surface area contributed by atoms with Gasteiger partial charge in [-0.05, 0) is 42.2 Å². The van der Waals surface area contributed by atoms with E-state index in [0.717, 1.165) is 27.8 Å². The minimum Gasteiger partial charge on any atom is -0.475 e. The Morgan fingerprint density at radius 1 is 0.968 bits per heavy atom. The molecule has 0 saturated heterocycles. The van der Waals surface area contributed by atoms with Crippen LogP contribution in [0.15, 0.2) is 89.9 Å². The zero-order valence-corrected chi connectivity index (χ0v) is 17.7. The molecule has 3 aromatic rings. The van der Waals surface area contributed by atoms with Gasteiger partial charge in [-0.25, -0.2) is 9.79 Å². The summed E-state index contributed by atoms with van der Waals surface area (Å²) in [5.74, 6) is 0.200. The molecule has 4 rings (SSSR count). The van der Waals surface area contributed by atoms with Crippen LogP contribution in [0.4, 0.5) is 0 Å². The molecule has 31 heavy (non-hydrogen) atoms. The molecule has 0 spiro atoms. The SMILES string of the molecule is Cc1cccc(C)c1C1=N[C@H]([C@@H](OC(=O)/C=C/c2ccccc2)c2ccccc2)CO1. The summed E-state index contributed by atoms with van der Waals surface area (Å²) in [6.07, 6.45) is 2.67. The van der Waals surface area contributed by atoms with E-state index in [-0.39, 0.29) is 6.04 Å². The van der Waals surface area contributed by atoms with Gasteiger partial charge >= 0.3 is 5.97 Å². The minimum absolute atomic E-state index is 0.314. The van der Waals surface area contributed by atoms with E-state index in [1.54, 1.807) is 6.08 Å². The molecule has 0 N–H and O–H groups in total. The molecule has 0 amide bonds. The highest BCUT2D eigenvalue weighted by molar-refractivity contribution is 5.98. The number of hydrogen-bond acceptors (Lipinski definition) is 4. The molecule has 4 nitrogen and oxygen atoms in total. The Morgan fingerprint density at radius 2 is 1.61 bits per heavy atom. The number of esters is 1. The average molecular weight is 412 g/mol. The maximum absolute atomic E-state index is 12.6. The zero-order valence-electron chi connectivity index (χ0n) is 17.7. The third kappa shape index (κ3) is 4.92. The molecule has 156 valence electrons. The first-order valence-electron chi connectivity index (χ1n) is 10.4. The first kappa shape index (κ1) is 20.6. The molecule has 1 aliphatic heterocycles. The smallest absolute Gasteiger partial charge is 0.331 e. The number of carbonyl (C=O) groups excluding carboxylic acids is 1. The Hall–Kier alpha value is -3.66. The van der Waals surface area contributed by atoms with Gasteiger partial charge in [0.05, 0.1) is 0 Å². The standard InChI is InChI=1S/C27H25NO3/c1-19-10-9-11-20(2)25(19)27-28-23(18-30-27)26(22-14-7-4-8-15-22)31-24(29)17-16-21-12-5-3-6-13-21/h3-17,23,26H,18H2,1-2H3/b17-16+/t23-,26-/m0/s1. The lowest BCUT2D eigenvalue weighted by Crippen LogP contribution is -2.23. The van der Waals surface area contributed by atoms with Gasteiger partial charge in [-0.3, -0.25) is 0 Å². The first-order chi connectivity index (χ1) is 15.1. The van der Waals surface area contributed by atoms with Crippen molar-refractivity contribution in [3.05, 3.63) is 113 Å². The highest BCUT2D eigenvalue weighted by atomic mass is 16.5. The third-order valence-corrected chi connectivity index (χ3v) is 5.30. The van der Waals surface area contributed by atoms with Gasteiger partial charge in [-0.15, -0.1) is 0 Å². The van der Waals surface area contributed by atoms with Gasteiger partial charge < -0.3 is 9.47 Å². The van der Waals surface area contributed by atoms with Crippen molar-refractivity contribution in [1.29, 1.82) is 0 Å². The van der Waals surface area contributed by atoms with E-state index < -0.39 is 12.1 Å². The van der Waals surface area contributed by atoms with E-state index in [4.69, 9.17) is 14.5 Å². The topological polar surface area (TPSA) is 47.9 Å². The highest BCUT2D eigenvalue weighted by Crippen LogP contribution is 2.29. The second-order valence-electron chi connectivity index (χ2n) is 7.59. The number of aliphatic imine (C=N–C) groups is 1. The van der Waals surface area contributed by atoms with Gasteiger partial charge in [0.15, 0.2) is 6.10 Å². The largest absolute Gasteiger partial charge is 0.475 e. The summed E-state index contributed by atoms with van der Waals surface area (Å²) in [5, 5.41) is 0. The van der Waals surface area contributed by atoms with Crippen molar-refractivity contribution < 1.29 is 14.3 Å². The van der Waals surface area contributed by atoms with Crippen molar-refractivity contribution >= 4 is 17.9 Å². The summed E-state index contributed by atoms with van der Waals surface area (Å²) in [4.78, 5) is 17.4. The zero-order chi connectivity index (χ0) is 21.6. The van der Waals surface area contributed by atoms with Gasteiger partial charge in [-0.2, -0.15) is 0 Å². The summed E-state index contributed by atoms with van der Waals surface area (Å²) in [7, 11) is 0. The summed E-state index contributed by atoms with van der Waals surface area (Å²) in [6.45, 7) is 4.45. The molecule has 4 heteroatoms. The number of benzene rings is 3. The molecular weight excluding hydrogens is 386 g/mol. The molecule has 1 heterocycles. The van der Waals surface area contributed by atoms with Crippen LogP contribution in [0.5, 0.6) is 0 Å². The van der Waals surface area contributed by atoms with Crippen LogP contribution in [-0.4, -0.2) is 24.5 Å². The van der Waals surface area contributed by atoms with Crippen molar-refractivity contribution in [3.63, 3.8) is 0 Å². The Morgan fingerprint density at radius 3 is 2.29 bits per heavy atom. The van der Waals surface area contributed by atoms with E-state index in [1.807, 2.05) is 92.7 Å². The third-order valence-electron chi connectivity index (χ3n) is 5.30. The maximum Gasteiger partial charge on any atom is 0.331 e. The van der Waals surface area contributed by atoms with Gasteiger partial charge in [-0.1, -0.05) is 78.9 Å². The molecule has 0 saturated carbocycles. The number of ether oxygens (including phenoxy) is 2. The van der Waals surface area contributed by atoms with Crippen molar-refractivity contribution in [3.8, 4) is 0 Å². The number of rotatable bonds is 6. The van der Waals surface area contributed by atoms with Crippen LogP contribution in [0.1, 0.15) is 33.9 Å². The summed E-state index contributed by atoms with van der Waals surface area (Å²) in [6, 6.07) is 25.2. The number of aryl methyl sites for hydroxylation is 2. The lowest BCUT2D eigenvalue weighted by atomic mass is 10.0. The van der Waals surface area contributed by atoms with Gasteiger partial charge in [0.1, 0.15) is 12.6 Å². The van der Waals surface area contributed by atoms with E-state index in [9.17, 15) is 4.79 Å². The van der Waals surface area contributed by atoms with Gasteiger partial charge in [0.25, 0.3) is 0 Å².